The molecule has 0 amide bonds. The molecule has 1 heterocycles. The summed E-state index contributed by atoms with van der Waals surface area (Å²) in [4.78, 5) is 15.2. The molecule has 0 fully saturated rings. The van der Waals surface area contributed by atoms with Gasteiger partial charge in [0, 0.05) is 16.9 Å². The van der Waals surface area contributed by atoms with E-state index in [0.29, 0.717) is 0 Å². The standard InChI is InChI=1S/C15H16FNO3S/c1-15(2,3)12-8-21-13(17-12)7-20-9-4-5-10(14(18)19)11(16)6-9/h4-6,8H,7H2,1-3H3,(H,18,19). The number of aromatic nitrogens is 1. The summed E-state index contributed by atoms with van der Waals surface area (Å²) < 4.78 is 19.0. The quantitative estimate of drug-likeness (QED) is 0.931. The van der Waals surface area contributed by atoms with E-state index >= 15 is 0 Å². The second kappa shape index (κ2) is 5.81. The summed E-state index contributed by atoms with van der Waals surface area (Å²) in [5, 5.41) is 11.5. The fraction of sp³-hybridized carbons (Fsp3) is 0.333. The van der Waals surface area contributed by atoms with E-state index in [1.54, 1.807) is 0 Å². The molecular weight excluding hydrogens is 293 g/mol. The Morgan fingerprint density at radius 3 is 2.67 bits per heavy atom. The van der Waals surface area contributed by atoms with E-state index in [1.165, 1.54) is 23.5 Å². The van der Waals surface area contributed by atoms with Crippen molar-refractivity contribution in [3.63, 3.8) is 0 Å². The first kappa shape index (κ1) is 15.4. The Balaban J connectivity index is 2.05. The maximum Gasteiger partial charge on any atom is 0.338 e. The number of hydrogen-bond acceptors (Lipinski definition) is 4. The number of carboxylic acids is 1. The Morgan fingerprint density at radius 1 is 1.43 bits per heavy atom. The third-order valence-electron chi connectivity index (χ3n) is 2.85. The zero-order chi connectivity index (χ0) is 15.6. The number of aromatic carboxylic acids is 1. The Bertz CT molecular complexity index is 661. The van der Waals surface area contributed by atoms with E-state index in [-0.39, 0.29) is 23.3 Å². The average Bonchev–Trinajstić information content (AvgIpc) is 2.84. The van der Waals surface area contributed by atoms with Crippen molar-refractivity contribution >= 4 is 17.3 Å². The summed E-state index contributed by atoms with van der Waals surface area (Å²) in [6.45, 7) is 6.46. The van der Waals surface area contributed by atoms with Crippen molar-refractivity contribution in [3.05, 3.63) is 45.7 Å². The SMILES string of the molecule is CC(C)(C)c1csc(COc2ccc(C(=O)O)c(F)c2)n1. The van der Waals surface area contributed by atoms with Gasteiger partial charge < -0.3 is 9.84 Å². The first-order chi connectivity index (χ1) is 9.77. The summed E-state index contributed by atoms with van der Waals surface area (Å²) in [7, 11) is 0. The summed E-state index contributed by atoms with van der Waals surface area (Å²) in [6.07, 6.45) is 0. The number of benzene rings is 1. The number of carboxylic acid groups (broad SMARTS) is 1. The van der Waals surface area contributed by atoms with Gasteiger partial charge in [0.15, 0.2) is 0 Å². The van der Waals surface area contributed by atoms with Gasteiger partial charge in [-0.3, -0.25) is 0 Å². The molecule has 0 spiro atoms. The minimum Gasteiger partial charge on any atom is -0.486 e. The van der Waals surface area contributed by atoms with Crippen LogP contribution in [0, 0.1) is 5.82 Å². The van der Waals surface area contributed by atoms with Gasteiger partial charge in [-0.15, -0.1) is 11.3 Å². The number of rotatable bonds is 4. The first-order valence-corrected chi connectivity index (χ1v) is 7.26. The van der Waals surface area contributed by atoms with Crippen molar-refractivity contribution in [3.8, 4) is 5.75 Å². The molecule has 21 heavy (non-hydrogen) atoms. The van der Waals surface area contributed by atoms with E-state index in [4.69, 9.17) is 9.84 Å². The van der Waals surface area contributed by atoms with Crippen LogP contribution >= 0.6 is 11.3 Å². The van der Waals surface area contributed by atoms with Crippen molar-refractivity contribution in [1.29, 1.82) is 0 Å². The van der Waals surface area contributed by atoms with Crippen LogP contribution in [0.3, 0.4) is 0 Å². The molecule has 0 aliphatic carbocycles. The molecule has 112 valence electrons. The van der Waals surface area contributed by atoms with E-state index in [0.717, 1.165) is 16.8 Å². The van der Waals surface area contributed by atoms with Gasteiger partial charge in [0.1, 0.15) is 23.2 Å². The van der Waals surface area contributed by atoms with Gasteiger partial charge in [-0.1, -0.05) is 20.8 Å². The molecule has 4 nitrogen and oxygen atoms in total. The van der Waals surface area contributed by atoms with Gasteiger partial charge in [-0.25, -0.2) is 14.2 Å². The monoisotopic (exact) mass is 309 g/mol. The van der Waals surface area contributed by atoms with Crippen molar-refractivity contribution in [2.75, 3.05) is 0 Å². The largest absolute Gasteiger partial charge is 0.486 e. The lowest BCUT2D eigenvalue weighted by Crippen LogP contribution is -2.11. The maximum absolute atomic E-state index is 13.5. The minimum absolute atomic E-state index is 0.0238. The van der Waals surface area contributed by atoms with Crippen LogP contribution in [0.25, 0.3) is 0 Å². The highest BCUT2D eigenvalue weighted by Gasteiger charge is 2.17. The zero-order valence-corrected chi connectivity index (χ0v) is 12.8. The van der Waals surface area contributed by atoms with Gasteiger partial charge in [-0.05, 0) is 12.1 Å². The van der Waals surface area contributed by atoms with Crippen LogP contribution in [0.15, 0.2) is 23.6 Å². The molecular formula is C15H16FNO3S. The van der Waals surface area contributed by atoms with Crippen molar-refractivity contribution < 1.29 is 19.0 Å². The second-order valence-electron chi connectivity index (χ2n) is 5.61. The molecule has 1 aromatic carbocycles. The Hall–Kier alpha value is -1.95. The molecule has 0 radical (unpaired) electrons. The molecule has 0 atom stereocenters. The lowest BCUT2D eigenvalue weighted by atomic mass is 9.93. The maximum atomic E-state index is 13.5. The third kappa shape index (κ3) is 3.78. The summed E-state index contributed by atoms with van der Waals surface area (Å²) in [6, 6.07) is 3.70. The lowest BCUT2D eigenvalue weighted by Gasteiger charge is -2.14. The highest BCUT2D eigenvalue weighted by atomic mass is 32.1. The predicted octanol–water partition coefficient (Wildman–Crippen LogP) is 3.86. The number of nitrogens with zero attached hydrogens (tertiary/aromatic N) is 1. The Labute approximate surface area is 126 Å². The molecule has 0 aliphatic rings. The van der Waals surface area contributed by atoms with E-state index < -0.39 is 11.8 Å². The molecule has 0 saturated heterocycles. The number of hydrogen-bond donors (Lipinski definition) is 1. The molecule has 2 aromatic rings. The van der Waals surface area contributed by atoms with Crippen molar-refractivity contribution in [1.82, 2.24) is 4.98 Å². The fourth-order valence-corrected chi connectivity index (χ4v) is 2.56. The topological polar surface area (TPSA) is 59.4 Å². The normalized spacial score (nSPS) is 11.4. The van der Waals surface area contributed by atoms with E-state index in [2.05, 4.69) is 25.8 Å². The van der Waals surface area contributed by atoms with Gasteiger partial charge in [0.25, 0.3) is 0 Å². The highest BCUT2D eigenvalue weighted by Crippen LogP contribution is 2.25. The first-order valence-electron chi connectivity index (χ1n) is 6.38. The molecule has 0 saturated carbocycles. The van der Waals surface area contributed by atoms with Gasteiger partial charge in [0.2, 0.25) is 0 Å². The van der Waals surface area contributed by atoms with Gasteiger partial charge in [0.05, 0.1) is 11.3 Å². The van der Waals surface area contributed by atoms with Crippen LogP contribution in [-0.2, 0) is 12.0 Å². The number of thiazole rings is 1. The molecule has 6 heteroatoms. The van der Waals surface area contributed by atoms with Crippen LogP contribution in [0.2, 0.25) is 0 Å². The fourth-order valence-electron chi connectivity index (χ4n) is 1.63. The molecule has 0 unspecified atom stereocenters. The number of ether oxygens (including phenoxy) is 1. The smallest absolute Gasteiger partial charge is 0.338 e. The Morgan fingerprint density at radius 2 is 2.14 bits per heavy atom. The van der Waals surface area contributed by atoms with E-state index in [9.17, 15) is 9.18 Å². The predicted molar refractivity (Wildman–Crippen MR) is 78.5 cm³/mol. The molecule has 2 rings (SSSR count). The minimum atomic E-state index is -1.30. The summed E-state index contributed by atoms with van der Waals surface area (Å²) in [5.41, 5.74) is 0.592. The second-order valence-corrected chi connectivity index (χ2v) is 6.55. The van der Waals surface area contributed by atoms with Crippen LogP contribution in [0.5, 0.6) is 5.75 Å². The van der Waals surface area contributed by atoms with Crippen LogP contribution < -0.4 is 4.74 Å². The molecule has 1 aromatic heterocycles. The van der Waals surface area contributed by atoms with Crippen LogP contribution in [0.4, 0.5) is 4.39 Å². The van der Waals surface area contributed by atoms with Gasteiger partial charge in [-0.2, -0.15) is 0 Å². The van der Waals surface area contributed by atoms with Gasteiger partial charge >= 0.3 is 5.97 Å². The van der Waals surface area contributed by atoms with Crippen molar-refractivity contribution in [2.45, 2.75) is 32.8 Å². The summed E-state index contributed by atoms with van der Waals surface area (Å²) in [5.74, 6) is -1.83. The zero-order valence-electron chi connectivity index (χ0n) is 12.0. The number of carbonyl (C=O) groups is 1. The molecule has 0 bridgehead atoms. The molecule has 1 N–H and O–H groups in total. The highest BCUT2D eigenvalue weighted by molar-refractivity contribution is 7.09. The lowest BCUT2D eigenvalue weighted by molar-refractivity contribution is 0.0692. The average molecular weight is 309 g/mol. The number of halogens is 1. The summed E-state index contributed by atoms with van der Waals surface area (Å²) >= 11 is 1.48. The van der Waals surface area contributed by atoms with E-state index in [1.807, 2.05) is 5.38 Å². The third-order valence-corrected chi connectivity index (χ3v) is 3.68. The van der Waals surface area contributed by atoms with Crippen LogP contribution in [-0.4, -0.2) is 16.1 Å². The molecule has 0 aliphatic heterocycles. The Kier molecular flexibility index (Phi) is 4.27. The van der Waals surface area contributed by atoms with Crippen molar-refractivity contribution in [2.24, 2.45) is 0 Å². The van der Waals surface area contributed by atoms with Crippen LogP contribution in [0.1, 0.15) is 41.8 Å².